The fourth-order valence-corrected chi connectivity index (χ4v) is 5.68. The third kappa shape index (κ3) is 4.97. The van der Waals surface area contributed by atoms with Crippen molar-refractivity contribution in [3.05, 3.63) is 71.8 Å². The highest BCUT2D eigenvalue weighted by Gasteiger charge is 2.30. The first-order valence-electron chi connectivity index (χ1n) is 10.3. The monoisotopic (exact) mass is 475 g/mol. The molecular formula is C23H26ClN3O4S. The molecule has 0 atom stereocenters. The van der Waals surface area contributed by atoms with Crippen LogP contribution in [0.3, 0.4) is 0 Å². The van der Waals surface area contributed by atoms with Crippen LogP contribution in [0.4, 0.5) is 5.69 Å². The number of nitrogens with zero attached hydrogens (tertiary/aromatic N) is 2. The van der Waals surface area contributed by atoms with Gasteiger partial charge < -0.3 is 10.2 Å². The van der Waals surface area contributed by atoms with Gasteiger partial charge in [0.15, 0.2) is 0 Å². The van der Waals surface area contributed by atoms with Crippen molar-refractivity contribution in [1.29, 1.82) is 0 Å². The number of amides is 2. The topological polar surface area (TPSA) is 86.8 Å². The van der Waals surface area contributed by atoms with Crippen molar-refractivity contribution < 1.29 is 18.0 Å². The van der Waals surface area contributed by atoms with Gasteiger partial charge in [0.2, 0.25) is 5.91 Å². The first-order chi connectivity index (χ1) is 15.3. The van der Waals surface area contributed by atoms with Crippen LogP contribution in [0.15, 0.2) is 66.1 Å². The van der Waals surface area contributed by atoms with Crippen molar-refractivity contribution in [2.75, 3.05) is 31.0 Å². The Morgan fingerprint density at radius 2 is 1.84 bits per heavy atom. The standard InChI is InChI=1S/C23H26ClN3O4S/c1-3-13-27(19-7-5-4-6-8-19)32(30,31)21-16-18(9-10-20(21)24)23(29)26-14-11-17(12-15-26)22(28)25-2/h3-10,16-17H,1,11-15H2,2H3,(H,25,28). The molecular weight excluding hydrogens is 450 g/mol. The van der Waals surface area contributed by atoms with E-state index < -0.39 is 10.0 Å². The van der Waals surface area contributed by atoms with Crippen molar-refractivity contribution in [1.82, 2.24) is 10.2 Å². The third-order valence-electron chi connectivity index (χ3n) is 5.48. The third-order valence-corrected chi connectivity index (χ3v) is 7.76. The summed E-state index contributed by atoms with van der Waals surface area (Å²) >= 11 is 6.27. The number of hydrogen-bond donors (Lipinski definition) is 1. The number of carbonyl (C=O) groups excluding carboxylic acids is 2. The van der Waals surface area contributed by atoms with Crippen LogP contribution in [0, 0.1) is 5.92 Å². The lowest BCUT2D eigenvalue weighted by Crippen LogP contribution is -2.42. The van der Waals surface area contributed by atoms with E-state index in [4.69, 9.17) is 11.6 Å². The number of likely N-dealkylation sites (tertiary alicyclic amines) is 1. The summed E-state index contributed by atoms with van der Waals surface area (Å²) in [6, 6.07) is 12.9. The highest BCUT2D eigenvalue weighted by atomic mass is 35.5. The molecule has 0 spiro atoms. The maximum Gasteiger partial charge on any atom is 0.266 e. The fraction of sp³-hybridized carbons (Fsp3) is 0.304. The van der Waals surface area contributed by atoms with Gasteiger partial charge in [-0.2, -0.15) is 0 Å². The van der Waals surface area contributed by atoms with Gasteiger partial charge in [-0.05, 0) is 43.2 Å². The van der Waals surface area contributed by atoms with E-state index in [2.05, 4.69) is 11.9 Å². The van der Waals surface area contributed by atoms with Crippen molar-refractivity contribution >= 4 is 39.1 Å². The number of hydrogen-bond acceptors (Lipinski definition) is 4. The second kappa shape index (κ2) is 10.2. The molecule has 2 amide bonds. The summed E-state index contributed by atoms with van der Waals surface area (Å²) in [5.41, 5.74) is 0.703. The van der Waals surface area contributed by atoms with Gasteiger partial charge in [-0.25, -0.2) is 8.42 Å². The number of halogens is 1. The molecule has 0 saturated carbocycles. The van der Waals surface area contributed by atoms with E-state index in [0.29, 0.717) is 31.6 Å². The van der Waals surface area contributed by atoms with Crippen molar-refractivity contribution in [3.8, 4) is 0 Å². The van der Waals surface area contributed by atoms with Gasteiger partial charge >= 0.3 is 0 Å². The van der Waals surface area contributed by atoms with Crippen LogP contribution in [-0.2, 0) is 14.8 Å². The van der Waals surface area contributed by atoms with Crippen LogP contribution >= 0.6 is 11.6 Å². The maximum absolute atomic E-state index is 13.5. The molecule has 2 aromatic carbocycles. The Hall–Kier alpha value is -2.84. The normalized spacial score (nSPS) is 14.6. The van der Waals surface area contributed by atoms with E-state index in [-0.39, 0.29) is 39.8 Å². The molecule has 170 valence electrons. The largest absolute Gasteiger partial charge is 0.359 e. The minimum atomic E-state index is -4.05. The Morgan fingerprint density at radius 3 is 2.44 bits per heavy atom. The van der Waals surface area contributed by atoms with E-state index in [1.165, 1.54) is 28.6 Å². The van der Waals surface area contributed by atoms with Crippen LogP contribution in [0.1, 0.15) is 23.2 Å². The predicted molar refractivity (Wildman–Crippen MR) is 125 cm³/mol. The highest BCUT2D eigenvalue weighted by Crippen LogP contribution is 2.30. The Bertz CT molecular complexity index is 1100. The average molecular weight is 476 g/mol. The number of para-hydroxylation sites is 1. The van der Waals surface area contributed by atoms with Gasteiger partial charge in [0.1, 0.15) is 4.90 Å². The lowest BCUT2D eigenvalue weighted by molar-refractivity contribution is -0.125. The molecule has 0 aromatic heterocycles. The lowest BCUT2D eigenvalue weighted by Gasteiger charge is -2.31. The molecule has 7 nitrogen and oxygen atoms in total. The van der Waals surface area contributed by atoms with Crippen LogP contribution in [0.5, 0.6) is 0 Å². The van der Waals surface area contributed by atoms with Gasteiger partial charge in [0.25, 0.3) is 15.9 Å². The van der Waals surface area contributed by atoms with Crippen molar-refractivity contribution in [3.63, 3.8) is 0 Å². The van der Waals surface area contributed by atoms with Gasteiger partial charge in [-0.1, -0.05) is 35.9 Å². The van der Waals surface area contributed by atoms with Crippen LogP contribution in [-0.4, -0.2) is 51.8 Å². The molecule has 32 heavy (non-hydrogen) atoms. The molecule has 1 fully saturated rings. The zero-order valence-corrected chi connectivity index (χ0v) is 19.4. The van der Waals surface area contributed by atoms with Crippen molar-refractivity contribution in [2.24, 2.45) is 5.92 Å². The molecule has 0 unspecified atom stereocenters. The van der Waals surface area contributed by atoms with Crippen LogP contribution < -0.4 is 9.62 Å². The van der Waals surface area contributed by atoms with E-state index in [0.717, 1.165) is 0 Å². The first kappa shape index (κ1) is 23.8. The second-order valence-corrected chi connectivity index (χ2v) is 9.72. The molecule has 3 rings (SSSR count). The van der Waals surface area contributed by atoms with E-state index >= 15 is 0 Å². The number of nitrogens with one attached hydrogen (secondary N) is 1. The average Bonchev–Trinajstić information content (AvgIpc) is 2.82. The van der Waals surface area contributed by atoms with Crippen LogP contribution in [0.25, 0.3) is 0 Å². The molecule has 1 aliphatic heterocycles. The number of benzene rings is 2. The lowest BCUT2D eigenvalue weighted by atomic mass is 9.95. The van der Waals surface area contributed by atoms with Crippen molar-refractivity contribution in [2.45, 2.75) is 17.7 Å². The molecule has 1 N–H and O–H groups in total. The summed E-state index contributed by atoms with van der Waals surface area (Å²) in [5, 5.41) is 2.67. The molecule has 9 heteroatoms. The Labute approximate surface area is 193 Å². The molecule has 1 saturated heterocycles. The zero-order chi connectivity index (χ0) is 23.3. The minimum Gasteiger partial charge on any atom is -0.359 e. The number of anilines is 1. The van der Waals surface area contributed by atoms with Gasteiger partial charge in [0.05, 0.1) is 17.3 Å². The summed E-state index contributed by atoms with van der Waals surface area (Å²) in [6.45, 7) is 4.56. The summed E-state index contributed by atoms with van der Waals surface area (Å²) in [5.74, 6) is -0.438. The number of rotatable bonds is 7. The van der Waals surface area contributed by atoms with E-state index in [1.54, 1.807) is 42.3 Å². The fourth-order valence-electron chi connectivity index (χ4n) is 3.74. The van der Waals surface area contributed by atoms with Gasteiger partial charge in [0, 0.05) is 31.6 Å². The number of sulfonamides is 1. The SMILES string of the molecule is C=CCN(c1ccccc1)S(=O)(=O)c1cc(C(=O)N2CCC(C(=O)NC)CC2)ccc1Cl. The summed E-state index contributed by atoms with van der Waals surface area (Å²) in [7, 11) is -2.45. The molecule has 2 aromatic rings. The summed E-state index contributed by atoms with van der Waals surface area (Å²) in [6.07, 6.45) is 2.61. The molecule has 0 bridgehead atoms. The zero-order valence-electron chi connectivity index (χ0n) is 17.8. The Balaban J connectivity index is 1.89. The highest BCUT2D eigenvalue weighted by molar-refractivity contribution is 7.93. The molecule has 1 aliphatic rings. The predicted octanol–water partition coefficient (Wildman–Crippen LogP) is 3.32. The minimum absolute atomic E-state index is 0.0276. The number of piperidine rings is 1. The van der Waals surface area contributed by atoms with Crippen LogP contribution in [0.2, 0.25) is 5.02 Å². The Kier molecular flexibility index (Phi) is 7.58. The van der Waals surface area contributed by atoms with E-state index in [9.17, 15) is 18.0 Å². The quantitative estimate of drug-likeness (QED) is 0.622. The summed E-state index contributed by atoms with van der Waals surface area (Å²) < 4.78 is 28.1. The molecule has 0 radical (unpaired) electrons. The summed E-state index contributed by atoms with van der Waals surface area (Å²) in [4.78, 5) is 26.4. The number of carbonyl (C=O) groups is 2. The molecule has 1 heterocycles. The van der Waals surface area contributed by atoms with Gasteiger partial charge in [-0.15, -0.1) is 6.58 Å². The van der Waals surface area contributed by atoms with E-state index in [1.807, 2.05) is 0 Å². The smallest absolute Gasteiger partial charge is 0.266 e. The second-order valence-electron chi connectivity index (χ2n) is 7.49. The van der Waals surface area contributed by atoms with Gasteiger partial charge in [-0.3, -0.25) is 13.9 Å². The molecule has 0 aliphatic carbocycles. The Morgan fingerprint density at radius 1 is 1.19 bits per heavy atom. The first-order valence-corrected chi connectivity index (χ1v) is 12.1. The maximum atomic E-state index is 13.5.